The lowest BCUT2D eigenvalue weighted by molar-refractivity contribution is -0.385. The number of carbonyl (C=O) groups is 3. The SMILES string of the molecule is CCOc1ccc(C(=O)OCC(=O)NCC(=O)NC(C)C)cc1[N+](=O)[O-]. The summed E-state index contributed by atoms with van der Waals surface area (Å²) in [4.78, 5) is 45.3. The van der Waals surface area contributed by atoms with E-state index in [-0.39, 0.29) is 42.1 Å². The van der Waals surface area contributed by atoms with Crippen LogP contribution in [0.2, 0.25) is 0 Å². The first kappa shape index (κ1) is 20.9. The van der Waals surface area contributed by atoms with Gasteiger partial charge in [0.2, 0.25) is 5.91 Å². The largest absolute Gasteiger partial charge is 0.487 e. The fourth-order valence-electron chi connectivity index (χ4n) is 1.88. The predicted molar refractivity (Wildman–Crippen MR) is 90.8 cm³/mol. The third kappa shape index (κ3) is 6.75. The highest BCUT2D eigenvalue weighted by molar-refractivity contribution is 5.93. The average molecular weight is 367 g/mol. The highest BCUT2D eigenvalue weighted by Crippen LogP contribution is 2.28. The molecule has 0 aromatic heterocycles. The molecule has 0 unspecified atom stereocenters. The summed E-state index contributed by atoms with van der Waals surface area (Å²) in [7, 11) is 0. The van der Waals surface area contributed by atoms with E-state index in [1.165, 1.54) is 12.1 Å². The molecule has 0 fully saturated rings. The van der Waals surface area contributed by atoms with Crippen molar-refractivity contribution in [3.8, 4) is 5.75 Å². The molecular formula is C16H21N3O7. The van der Waals surface area contributed by atoms with Gasteiger partial charge in [0.15, 0.2) is 12.4 Å². The van der Waals surface area contributed by atoms with E-state index in [1.54, 1.807) is 20.8 Å². The first-order valence-corrected chi connectivity index (χ1v) is 7.89. The molecule has 0 heterocycles. The van der Waals surface area contributed by atoms with E-state index in [9.17, 15) is 24.5 Å². The maximum Gasteiger partial charge on any atom is 0.338 e. The van der Waals surface area contributed by atoms with E-state index in [2.05, 4.69) is 10.6 Å². The van der Waals surface area contributed by atoms with Gasteiger partial charge < -0.3 is 20.1 Å². The van der Waals surface area contributed by atoms with Crippen molar-refractivity contribution in [2.45, 2.75) is 26.8 Å². The quantitative estimate of drug-likeness (QED) is 0.374. The number of hydrogen-bond donors (Lipinski definition) is 2. The Morgan fingerprint density at radius 1 is 1.23 bits per heavy atom. The number of amides is 2. The summed E-state index contributed by atoms with van der Waals surface area (Å²) in [6.07, 6.45) is 0. The zero-order chi connectivity index (χ0) is 19.7. The van der Waals surface area contributed by atoms with Gasteiger partial charge in [0, 0.05) is 12.1 Å². The fourth-order valence-corrected chi connectivity index (χ4v) is 1.88. The summed E-state index contributed by atoms with van der Waals surface area (Å²) >= 11 is 0. The Labute approximate surface area is 150 Å². The number of rotatable bonds is 9. The van der Waals surface area contributed by atoms with Crippen LogP contribution in [0.5, 0.6) is 5.75 Å². The summed E-state index contributed by atoms with van der Waals surface area (Å²) in [5.74, 6) is -1.92. The minimum atomic E-state index is -0.905. The highest BCUT2D eigenvalue weighted by Gasteiger charge is 2.20. The van der Waals surface area contributed by atoms with Gasteiger partial charge in [-0.2, -0.15) is 0 Å². The molecule has 1 rings (SSSR count). The molecule has 1 aromatic rings. The minimum Gasteiger partial charge on any atom is -0.487 e. The molecular weight excluding hydrogens is 346 g/mol. The summed E-state index contributed by atoms with van der Waals surface area (Å²) in [5.41, 5.74) is -0.471. The van der Waals surface area contributed by atoms with Crippen LogP contribution in [0.3, 0.4) is 0 Å². The van der Waals surface area contributed by atoms with E-state index in [0.29, 0.717) is 0 Å². The van der Waals surface area contributed by atoms with Gasteiger partial charge in [-0.15, -0.1) is 0 Å². The average Bonchev–Trinajstić information content (AvgIpc) is 2.57. The smallest absolute Gasteiger partial charge is 0.338 e. The van der Waals surface area contributed by atoms with Crippen molar-refractivity contribution < 1.29 is 28.8 Å². The molecule has 0 saturated carbocycles. The van der Waals surface area contributed by atoms with Gasteiger partial charge in [0.1, 0.15) is 0 Å². The number of nitro benzene ring substituents is 1. The number of hydrogen-bond acceptors (Lipinski definition) is 7. The van der Waals surface area contributed by atoms with Gasteiger partial charge in [-0.1, -0.05) is 0 Å². The number of benzene rings is 1. The Morgan fingerprint density at radius 3 is 2.50 bits per heavy atom. The number of nitrogens with one attached hydrogen (secondary N) is 2. The van der Waals surface area contributed by atoms with Crippen molar-refractivity contribution in [1.82, 2.24) is 10.6 Å². The van der Waals surface area contributed by atoms with Crippen LogP contribution in [0.1, 0.15) is 31.1 Å². The third-order valence-electron chi connectivity index (χ3n) is 2.92. The summed E-state index contributed by atoms with van der Waals surface area (Å²) in [6.45, 7) is 4.59. The lowest BCUT2D eigenvalue weighted by Crippen LogP contribution is -2.41. The Kier molecular flexibility index (Phi) is 8.00. The van der Waals surface area contributed by atoms with Crippen LogP contribution in [0, 0.1) is 10.1 Å². The molecule has 0 bridgehead atoms. The number of carbonyl (C=O) groups excluding carboxylic acids is 3. The van der Waals surface area contributed by atoms with E-state index in [1.807, 2.05) is 0 Å². The topological polar surface area (TPSA) is 137 Å². The van der Waals surface area contributed by atoms with Gasteiger partial charge >= 0.3 is 11.7 Å². The highest BCUT2D eigenvalue weighted by atomic mass is 16.6. The zero-order valence-corrected chi connectivity index (χ0v) is 14.7. The molecule has 0 aliphatic heterocycles. The minimum absolute atomic E-state index is 0.0305. The van der Waals surface area contributed by atoms with E-state index in [4.69, 9.17) is 9.47 Å². The van der Waals surface area contributed by atoms with Crippen LogP contribution in [0.25, 0.3) is 0 Å². The van der Waals surface area contributed by atoms with E-state index in [0.717, 1.165) is 6.07 Å². The lowest BCUT2D eigenvalue weighted by Gasteiger charge is -2.10. The van der Waals surface area contributed by atoms with Crippen molar-refractivity contribution >= 4 is 23.5 Å². The summed E-state index contributed by atoms with van der Waals surface area (Å²) in [5, 5.41) is 15.9. The van der Waals surface area contributed by atoms with Crippen molar-refractivity contribution in [1.29, 1.82) is 0 Å². The molecule has 0 aliphatic carbocycles. The van der Waals surface area contributed by atoms with Crippen molar-refractivity contribution in [3.63, 3.8) is 0 Å². The van der Waals surface area contributed by atoms with Crippen LogP contribution < -0.4 is 15.4 Å². The van der Waals surface area contributed by atoms with Gasteiger partial charge in [0.05, 0.1) is 23.6 Å². The molecule has 10 nitrogen and oxygen atoms in total. The maximum atomic E-state index is 11.9. The van der Waals surface area contributed by atoms with E-state index < -0.39 is 23.4 Å². The number of nitro groups is 1. The fraction of sp³-hybridized carbons (Fsp3) is 0.438. The maximum absolute atomic E-state index is 11.9. The number of nitrogens with zero attached hydrogens (tertiary/aromatic N) is 1. The third-order valence-corrected chi connectivity index (χ3v) is 2.92. The lowest BCUT2D eigenvalue weighted by atomic mass is 10.2. The van der Waals surface area contributed by atoms with Crippen LogP contribution in [0.15, 0.2) is 18.2 Å². The standard InChI is InChI=1S/C16H21N3O7/c1-4-25-13-6-5-11(7-12(13)19(23)24)16(22)26-9-15(21)17-8-14(20)18-10(2)3/h5-7,10H,4,8-9H2,1-3H3,(H,17,21)(H,18,20). The molecule has 2 amide bonds. The molecule has 26 heavy (non-hydrogen) atoms. The Morgan fingerprint density at radius 2 is 1.92 bits per heavy atom. The van der Waals surface area contributed by atoms with Crippen molar-refractivity contribution in [3.05, 3.63) is 33.9 Å². The Hall–Kier alpha value is -3.17. The van der Waals surface area contributed by atoms with Crippen LogP contribution in [-0.2, 0) is 14.3 Å². The van der Waals surface area contributed by atoms with Gasteiger partial charge in [-0.3, -0.25) is 19.7 Å². The molecule has 0 spiro atoms. The summed E-state index contributed by atoms with van der Waals surface area (Å²) in [6, 6.07) is 3.54. The summed E-state index contributed by atoms with van der Waals surface area (Å²) < 4.78 is 9.91. The molecule has 0 aliphatic rings. The second-order valence-electron chi connectivity index (χ2n) is 5.45. The van der Waals surface area contributed by atoms with Crippen LogP contribution in [0.4, 0.5) is 5.69 Å². The molecule has 0 saturated heterocycles. The Balaban J connectivity index is 2.60. The monoisotopic (exact) mass is 367 g/mol. The van der Waals surface area contributed by atoms with Gasteiger partial charge in [-0.25, -0.2) is 4.79 Å². The van der Waals surface area contributed by atoms with Crippen LogP contribution in [-0.4, -0.2) is 48.5 Å². The molecule has 2 N–H and O–H groups in total. The van der Waals surface area contributed by atoms with E-state index >= 15 is 0 Å². The second-order valence-corrected chi connectivity index (χ2v) is 5.45. The van der Waals surface area contributed by atoms with Crippen molar-refractivity contribution in [2.75, 3.05) is 19.8 Å². The molecule has 142 valence electrons. The molecule has 0 atom stereocenters. The Bertz CT molecular complexity index is 688. The number of esters is 1. The van der Waals surface area contributed by atoms with Crippen LogP contribution >= 0.6 is 0 Å². The number of ether oxygens (including phenoxy) is 2. The predicted octanol–water partition coefficient (Wildman–Crippen LogP) is 0.791. The van der Waals surface area contributed by atoms with Crippen molar-refractivity contribution in [2.24, 2.45) is 0 Å². The zero-order valence-electron chi connectivity index (χ0n) is 14.7. The van der Waals surface area contributed by atoms with Gasteiger partial charge in [0.25, 0.3) is 5.91 Å². The molecule has 1 aromatic carbocycles. The first-order chi connectivity index (χ1) is 12.2. The molecule has 10 heteroatoms. The first-order valence-electron chi connectivity index (χ1n) is 7.89. The normalized spacial score (nSPS) is 10.2. The second kappa shape index (κ2) is 9.97. The van der Waals surface area contributed by atoms with Gasteiger partial charge in [-0.05, 0) is 32.9 Å². The molecule has 0 radical (unpaired) electrons.